The van der Waals surface area contributed by atoms with Crippen LogP contribution in [0.3, 0.4) is 0 Å². The molecule has 0 amide bonds. The van der Waals surface area contributed by atoms with Crippen molar-refractivity contribution in [3.05, 3.63) is 33.8 Å². The highest BCUT2D eigenvalue weighted by molar-refractivity contribution is 6.35. The van der Waals surface area contributed by atoms with Crippen LogP contribution in [0.5, 0.6) is 0 Å². The lowest BCUT2D eigenvalue weighted by Gasteiger charge is -2.21. The Morgan fingerprint density at radius 1 is 1.43 bits per heavy atom. The van der Waals surface area contributed by atoms with Crippen molar-refractivity contribution in [2.45, 2.75) is 19.4 Å². The molecular weight excluding hydrogens is 223 g/mol. The number of carbonyl (C=O) groups excluding carboxylic acids is 1. The normalized spacial score (nSPS) is 14.9. The number of benzene rings is 1. The fourth-order valence-corrected chi connectivity index (χ4v) is 1.67. The van der Waals surface area contributed by atoms with Crippen molar-refractivity contribution in [1.82, 2.24) is 0 Å². The highest BCUT2D eigenvalue weighted by atomic mass is 35.5. The molecule has 1 rings (SSSR count). The van der Waals surface area contributed by atoms with E-state index in [9.17, 15) is 9.90 Å². The predicted molar refractivity (Wildman–Crippen MR) is 56.7 cm³/mol. The predicted octanol–water partition coefficient (Wildman–Crippen LogP) is 2.79. The van der Waals surface area contributed by atoms with Gasteiger partial charge < -0.3 is 5.11 Å². The zero-order chi connectivity index (χ0) is 10.9. The highest BCUT2D eigenvalue weighted by Crippen LogP contribution is 2.30. The van der Waals surface area contributed by atoms with Crippen molar-refractivity contribution in [3.63, 3.8) is 0 Å². The summed E-state index contributed by atoms with van der Waals surface area (Å²) >= 11 is 11.6. The van der Waals surface area contributed by atoms with E-state index in [1.165, 1.54) is 19.9 Å². The maximum Gasteiger partial charge on any atom is 0.165 e. The molecule has 1 aromatic rings. The minimum atomic E-state index is -1.55. The summed E-state index contributed by atoms with van der Waals surface area (Å²) in [7, 11) is 0. The van der Waals surface area contributed by atoms with E-state index in [-0.39, 0.29) is 10.8 Å². The molecule has 1 N–H and O–H groups in total. The van der Waals surface area contributed by atoms with Crippen molar-refractivity contribution >= 4 is 29.0 Å². The standard InChI is InChI=1S/C10H10Cl2O2/c1-6(13)10(2,14)8-4-3-7(11)5-9(8)12/h3-5,14H,1-2H3. The van der Waals surface area contributed by atoms with E-state index in [4.69, 9.17) is 23.2 Å². The highest BCUT2D eigenvalue weighted by Gasteiger charge is 2.30. The van der Waals surface area contributed by atoms with Crippen LogP contribution in [0.2, 0.25) is 10.0 Å². The van der Waals surface area contributed by atoms with Gasteiger partial charge in [0.2, 0.25) is 0 Å². The SMILES string of the molecule is CC(=O)C(C)(O)c1ccc(Cl)cc1Cl. The van der Waals surface area contributed by atoms with Crippen molar-refractivity contribution in [2.24, 2.45) is 0 Å². The third-order valence-electron chi connectivity index (χ3n) is 2.14. The molecule has 0 aliphatic rings. The quantitative estimate of drug-likeness (QED) is 0.852. The summed E-state index contributed by atoms with van der Waals surface area (Å²) in [6.07, 6.45) is 0. The number of hydrogen-bond donors (Lipinski definition) is 1. The van der Waals surface area contributed by atoms with Gasteiger partial charge in [0.1, 0.15) is 5.60 Å². The van der Waals surface area contributed by atoms with Crippen molar-refractivity contribution in [1.29, 1.82) is 0 Å². The summed E-state index contributed by atoms with van der Waals surface area (Å²) in [4.78, 5) is 11.2. The van der Waals surface area contributed by atoms with Crippen LogP contribution in [0.25, 0.3) is 0 Å². The van der Waals surface area contributed by atoms with Gasteiger partial charge in [0.15, 0.2) is 5.78 Å². The largest absolute Gasteiger partial charge is 0.378 e. The molecule has 14 heavy (non-hydrogen) atoms. The lowest BCUT2D eigenvalue weighted by atomic mass is 9.92. The number of carbonyl (C=O) groups is 1. The first-order valence-corrected chi connectivity index (χ1v) is 4.80. The minimum Gasteiger partial charge on any atom is -0.378 e. The molecule has 0 radical (unpaired) electrons. The van der Waals surface area contributed by atoms with Crippen LogP contribution in [-0.4, -0.2) is 10.9 Å². The number of aliphatic hydroxyl groups is 1. The molecule has 1 atom stereocenters. The molecule has 2 nitrogen and oxygen atoms in total. The Labute approximate surface area is 92.5 Å². The van der Waals surface area contributed by atoms with Crippen LogP contribution in [0.4, 0.5) is 0 Å². The lowest BCUT2D eigenvalue weighted by molar-refractivity contribution is -0.134. The molecule has 4 heteroatoms. The van der Waals surface area contributed by atoms with Gasteiger partial charge in [-0.25, -0.2) is 0 Å². The number of halogens is 2. The Morgan fingerprint density at radius 2 is 2.00 bits per heavy atom. The second-order valence-electron chi connectivity index (χ2n) is 3.25. The molecule has 0 saturated carbocycles. The Balaban J connectivity index is 3.26. The summed E-state index contributed by atoms with van der Waals surface area (Å²) in [5.74, 6) is -0.360. The van der Waals surface area contributed by atoms with Gasteiger partial charge in [-0.15, -0.1) is 0 Å². The summed E-state index contributed by atoms with van der Waals surface area (Å²) in [6, 6.07) is 4.63. The van der Waals surface area contributed by atoms with Crippen LogP contribution in [0.15, 0.2) is 18.2 Å². The molecule has 0 saturated heterocycles. The third kappa shape index (κ3) is 2.08. The fraction of sp³-hybridized carbons (Fsp3) is 0.300. The molecule has 0 aliphatic heterocycles. The topological polar surface area (TPSA) is 37.3 Å². The first-order valence-electron chi connectivity index (χ1n) is 4.04. The average molecular weight is 233 g/mol. The molecule has 0 spiro atoms. The summed E-state index contributed by atoms with van der Waals surface area (Å²) in [6.45, 7) is 2.72. The zero-order valence-electron chi connectivity index (χ0n) is 7.84. The molecule has 76 valence electrons. The maximum atomic E-state index is 11.2. The Bertz CT molecular complexity index is 372. The molecule has 0 aromatic heterocycles. The smallest absolute Gasteiger partial charge is 0.165 e. The van der Waals surface area contributed by atoms with Gasteiger partial charge >= 0.3 is 0 Å². The van der Waals surface area contributed by atoms with Gasteiger partial charge in [0.05, 0.1) is 0 Å². The van der Waals surface area contributed by atoms with E-state index in [1.54, 1.807) is 12.1 Å². The van der Waals surface area contributed by atoms with E-state index < -0.39 is 5.60 Å². The Morgan fingerprint density at radius 3 is 2.43 bits per heavy atom. The molecule has 1 unspecified atom stereocenters. The van der Waals surface area contributed by atoms with Crippen molar-refractivity contribution in [2.75, 3.05) is 0 Å². The summed E-state index contributed by atoms with van der Waals surface area (Å²) in [5.41, 5.74) is -1.18. The van der Waals surface area contributed by atoms with Gasteiger partial charge in [-0.2, -0.15) is 0 Å². The van der Waals surface area contributed by atoms with Crippen molar-refractivity contribution in [3.8, 4) is 0 Å². The van der Waals surface area contributed by atoms with Crippen LogP contribution in [0.1, 0.15) is 19.4 Å². The number of Topliss-reactive ketones (excluding diaryl/α,β-unsaturated/α-hetero) is 1. The molecule has 0 bridgehead atoms. The van der Waals surface area contributed by atoms with Crippen LogP contribution >= 0.6 is 23.2 Å². The van der Waals surface area contributed by atoms with Gasteiger partial charge in [-0.05, 0) is 26.0 Å². The maximum absolute atomic E-state index is 11.2. The van der Waals surface area contributed by atoms with E-state index in [2.05, 4.69) is 0 Å². The molecule has 0 heterocycles. The molecule has 1 aromatic carbocycles. The van der Waals surface area contributed by atoms with Gasteiger partial charge in [-0.1, -0.05) is 29.3 Å². The first-order chi connectivity index (χ1) is 6.35. The van der Waals surface area contributed by atoms with Crippen LogP contribution in [-0.2, 0) is 10.4 Å². The second kappa shape index (κ2) is 3.89. The summed E-state index contributed by atoms with van der Waals surface area (Å²) in [5, 5.41) is 10.6. The van der Waals surface area contributed by atoms with Crippen molar-refractivity contribution < 1.29 is 9.90 Å². The number of hydrogen-bond acceptors (Lipinski definition) is 2. The molecule has 0 aliphatic carbocycles. The lowest BCUT2D eigenvalue weighted by Crippen LogP contribution is -2.30. The van der Waals surface area contributed by atoms with Gasteiger partial charge in [-0.3, -0.25) is 4.79 Å². The fourth-order valence-electron chi connectivity index (χ4n) is 1.07. The monoisotopic (exact) mass is 232 g/mol. The average Bonchev–Trinajstić information content (AvgIpc) is 2.02. The molecule has 0 fully saturated rings. The minimum absolute atomic E-state index is 0.290. The summed E-state index contributed by atoms with van der Waals surface area (Å²) < 4.78 is 0. The van der Waals surface area contributed by atoms with Crippen LogP contribution in [0, 0.1) is 0 Å². The van der Waals surface area contributed by atoms with E-state index in [0.717, 1.165) is 0 Å². The number of rotatable bonds is 2. The Hall–Kier alpha value is -0.570. The van der Waals surface area contributed by atoms with Gasteiger partial charge in [0.25, 0.3) is 0 Å². The number of ketones is 1. The van der Waals surface area contributed by atoms with E-state index in [0.29, 0.717) is 10.6 Å². The van der Waals surface area contributed by atoms with E-state index >= 15 is 0 Å². The van der Waals surface area contributed by atoms with Crippen LogP contribution < -0.4 is 0 Å². The molecular formula is C10H10Cl2O2. The Kier molecular flexibility index (Phi) is 3.20. The first kappa shape index (κ1) is 11.5. The third-order valence-corrected chi connectivity index (χ3v) is 2.69. The van der Waals surface area contributed by atoms with Gasteiger partial charge in [0, 0.05) is 15.6 Å². The second-order valence-corrected chi connectivity index (χ2v) is 4.10. The van der Waals surface area contributed by atoms with E-state index in [1.807, 2.05) is 0 Å². The zero-order valence-corrected chi connectivity index (χ0v) is 9.36.